The average molecular weight is 295 g/mol. The summed E-state index contributed by atoms with van der Waals surface area (Å²) in [5.74, 6) is 1.51. The molecule has 0 aliphatic heterocycles. The fraction of sp³-hybridized carbons (Fsp3) is 0.562. The number of carbonyl (C=O) groups excluding carboxylic acids is 1. The van der Waals surface area contributed by atoms with E-state index in [1.54, 1.807) is 0 Å². The first-order valence-corrected chi connectivity index (χ1v) is 8.31. The second-order valence-electron chi connectivity index (χ2n) is 4.59. The molecule has 4 heteroatoms. The minimum absolute atomic E-state index is 0.147. The fourth-order valence-corrected chi connectivity index (χ4v) is 3.18. The maximum Gasteiger partial charge on any atom is 0.313 e. The molecule has 0 aromatic heterocycles. The van der Waals surface area contributed by atoms with Gasteiger partial charge in [-0.15, -0.1) is 0 Å². The third-order valence-electron chi connectivity index (χ3n) is 3.42. The molecule has 1 rings (SSSR count). The summed E-state index contributed by atoms with van der Waals surface area (Å²) in [6.45, 7) is 7.58. The van der Waals surface area contributed by atoms with Gasteiger partial charge in [0.2, 0.25) is 0 Å². The van der Waals surface area contributed by atoms with E-state index in [1.165, 1.54) is 7.11 Å². The lowest BCUT2D eigenvalue weighted by Crippen LogP contribution is -2.26. The topological polar surface area (TPSA) is 29.5 Å². The summed E-state index contributed by atoms with van der Waals surface area (Å²) < 4.78 is 4.92. The Bertz CT molecular complexity index is 379. The van der Waals surface area contributed by atoms with Crippen LogP contribution in [-0.4, -0.2) is 49.1 Å². The molecule has 0 saturated carbocycles. The Morgan fingerprint density at radius 3 is 2.45 bits per heavy atom. The molecule has 112 valence electrons. The average Bonchev–Trinajstić information content (AvgIpc) is 2.51. The van der Waals surface area contributed by atoms with Crippen molar-refractivity contribution in [1.29, 1.82) is 0 Å². The maximum absolute atomic E-state index is 11.9. The van der Waals surface area contributed by atoms with Gasteiger partial charge in [-0.05, 0) is 18.7 Å². The zero-order chi connectivity index (χ0) is 14.8. The van der Waals surface area contributed by atoms with Gasteiger partial charge in [-0.3, -0.25) is 4.79 Å². The standard InChI is InChI=1S/C16H25NO2S/c1-4-17(5-2)11-12-20-13-15(16(18)19-3)14-9-7-6-8-10-14/h6-10,15H,4-5,11-13H2,1-3H3. The van der Waals surface area contributed by atoms with Crippen LogP contribution >= 0.6 is 11.8 Å². The van der Waals surface area contributed by atoms with Crippen LogP contribution in [0.5, 0.6) is 0 Å². The Morgan fingerprint density at radius 2 is 1.90 bits per heavy atom. The predicted octanol–water partition coefficient (Wildman–Crippen LogP) is 3.02. The van der Waals surface area contributed by atoms with Crippen molar-refractivity contribution in [3.05, 3.63) is 35.9 Å². The van der Waals surface area contributed by atoms with Crippen LogP contribution in [0.25, 0.3) is 0 Å². The number of ether oxygens (including phenoxy) is 1. The van der Waals surface area contributed by atoms with Crippen molar-refractivity contribution >= 4 is 17.7 Å². The molecule has 0 fully saturated rings. The van der Waals surface area contributed by atoms with E-state index < -0.39 is 0 Å². The zero-order valence-corrected chi connectivity index (χ0v) is 13.5. The highest BCUT2D eigenvalue weighted by molar-refractivity contribution is 7.99. The predicted molar refractivity (Wildman–Crippen MR) is 86.3 cm³/mol. The molecule has 0 saturated heterocycles. The molecule has 1 aromatic carbocycles. The van der Waals surface area contributed by atoms with Crippen LogP contribution in [0.15, 0.2) is 30.3 Å². The molecular weight excluding hydrogens is 270 g/mol. The van der Waals surface area contributed by atoms with E-state index in [0.29, 0.717) is 0 Å². The van der Waals surface area contributed by atoms with Crippen LogP contribution in [0.2, 0.25) is 0 Å². The number of carbonyl (C=O) groups is 1. The quantitative estimate of drug-likeness (QED) is 0.517. The molecule has 0 heterocycles. The van der Waals surface area contributed by atoms with Gasteiger partial charge in [0.05, 0.1) is 13.0 Å². The van der Waals surface area contributed by atoms with Crippen LogP contribution < -0.4 is 0 Å². The van der Waals surface area contributed by atoms with Gasteiger partial charge in [-0.25, -0.2) is 0 Å². The second-order valence-corrected chi connectivity index (χ2v) is 5.74. The molecule has 20 heavy (non-hydrogen) atoms. The number of esters is 1. The highest BCUT2D eigenvalue weighted by atomic mass is 32.2. The third kappa shape index (κ3) is 5.55. The second kappa shape index (κ2) is 9.83. The highest BCUT2D eigenvalue weighted by Crippen LogP contribution is 2.22. The lowest BCUT2D eigenvalue weighted by molar-refractivity contribution is -0.141. The van der Waals surface area contributed by atoms with Crippen LogP contribution in [0.3, 0.4) is 0 Å². The van der Waals surface area contributed by atoms with Crippen molar-refractivity contribution in [2.75, 3.05) is 38.2 Å². The molecule has 0 radical (unpaired) electrons. The molecule has 1 aromatic rings. The van der Waals surface area contributed by atoms with Gasteiger partial charge < -0.3 is 9.64 Å². The number of benzene rings is 1. The smallest absolute Gasteiger partial charge is 0.313 e. The van der Waals surface area contributed by atoms with Crippen LogP contribution in [0.1, 0.15) is 25.3 Å². The Hall–Kier alpha value is -1.00. The van der Waals surface area contributed by atoms with Crippen molar-refractivity contribution in [1.82, 2.24) is 4.90 Å². The number of hydrogen-bond donors (Lipinski definition) is 0. The van der Waals surface area contributed by atoms with Crippen LogP contribution in [0, 0.1) is 0 Å². The van der Waals surface area contributed by atoms with Gasteiger partial charge in [0.1, 0.15) is 0 Å². The van der Waals surface area contributed by atoms with E-state index in [0.717, 1.165) is 36.7 Å². The monoisotopic (exact) mass is 295 g/mol. The summed E-state index contributed by atoms with van der Waals surface area (Å²) in [7, 11) is 1.46. The molecule has 0 N–H and O–H groups in total. The Morgan fingerprint density at radius 1 is 1.25 bits per heavy atom. The van der Waals surface area contributed by atoms with E-state index in [2.05, 4.69) is 18.7 Å². The third-order valence-corrected chi connectivity index (χ3v) is 4.46. The van der Waals surface area contributed by atoms with Crippen molar-refractivity contribution in [3.8, 4) is 0 Å². The Labute approximate surface area is 126 Å². The van der Waals surface area contributed by atoms with E-state index in [9.17, 15) is 4.79 Å². The number of methoxy groups -OCH3 is 1. The van der Waals surface area contributed by atoms with Gasteiger partial charge in [0.25, 0.3) is 0 Å². The largest absolute Gasteiger partial charge is 0.469 e. The molecule has 3 nitrogen and oxygen atoms in total. The van der Waals surface area contributed by atoms with E-state index in [1.807, 2.05) is 42.1 Å². The summed E-state index contributed by atoms with van der Waals surface area (Å²) in [6.07, 6.45) is 0. The lowest BCUT2D eigenvalue weighted by atomic mass is 10.0. The summed E-state index contributed by atoms with van der Waals surface area (Å²) in [5.41, 5.74) is 1.04. The van der Waals surface area contributed by atoms with E-state index in [-0.39, 0.29) is 11.9 Å². The van der Waals surface area contributed by atoms with Gasteiger partial charge in [-0.2, -0.15) is 11.8 Å². The van der Waals surface area contributed by atoms with Crippen LogP contribution in [0.4, 0.5) is 0 Å². The molecule has 0 spiro atoms. The summed E-state index contributed by atoms with van der Waals surface area (Å²) in [6, 6.07) is 9.88. The van der Waals surface area contributed by atoms with Crippen molar-refractivity contribution in [2.45, 2.75) is 19.8 Å². The molecule has 0 aliphatic rings. The first-order chi connectivity index (χ1) is 9.72. The number of thioether (sulfide) groups is 1. The van der Waals surface area contributed by atoms with Gasteiger partial charge in [0.15, 0.2) is 0 Å². The first kappa shape index (κ1) is 17.1. The zero-order valence-electron chi connectivity index (χ0n) is 12.7. The molecule has 1 unspecified atom stereocenters. The summed E-state index contributed by atoms with van der Waals surface area (Å²) in [5, 5.41) is 0. The van der Waals surface area contributed by atoms with E-state index >= 15 is 0 Å². The normalized spacial score (nSPS) is 12.4. The highest BCUT2D eigenvalue weighted by Gasteiger charge is 2.21. The lowest BCUT2D eigenvalue weighted by Gasteiger charge is -2.19. The number of hydrogen-bond acceptors (Lipinski definition) is 4. The summed E-state index contributed by atoms with van der Waals surface area (Å²) in [4.78, 5) is 14.3. The van der Waals surface area contributed by atoms with Gasteiger partial charge in [-0.1, -0.05) is 44.2 Å². The molecular formula is C16H25NO2S. The molecule has 1 atom stereocenters. The minimum atomic E-state index is -0.164. The van der Waals surface area contributed by atoms with Gasteiger partial charge in [0, 0.05) is 18.1 Å². The molecule has 0 aliphatic carbocycles. The Kier molecular flexibility index (Phi) is 8.38. The van der Waals surface area contributed by atoms with Crippen molar-refractivity contribution < 1.29 is 9.53 Å². The number of rotatable bonds is 9. The maximum atomic E-state index is 11.9. The fourth-order valence-electron chi connectivity index (χ4n) is 2.06. The Balaban J connectivity index is 2.49. The van der Waals surface area contributed by atoms with Crippen LogP contribution in [-0.2, 0) is 9.53 Å². The first-order valence-electron chi connectivity index (χ1n) is 7.15. The summed E-state index contributed by atoms with van der Waals surface area (Å²) >= 11 is 1.82. The molecule has 0 amide bonds. The van der Waals surface area contributed by atoms with E-state index in [4.69, 9.17) is 4.74 Å². The van der Waals surface area contributed by atoms with Crippen molar-refractivity contribution in [2.24, 2.45) is 0 Å². The molecule has 0 bridgehead atoms. The van der Waals surface area contributed by atoms with Gasteiger partial charge >= 0.3 is 5.97 Å². The minimum Gasteiger partial charge on any atom is -0.469 e. The van der Waals surface area contributed by atoms with Crippen molar-refractivity contribution in [3.63, 3.8) is 0 Å². The SMILES string of the molecule is CCN(CC)CCSCC(C(=O)OC)c1ccccc1. The number of nitrogens with zero attached hydrogens (tertiary/aromatic N) is 1.